The molecule has 0 radical (unpaired) electrons. The average Bonchev–Trinajstić information content (AvgIpc) is 2.59. The molecule has 2 N–H and O–H groups in total. The maximum Gasteiger partial charge on any atom is 0.279 e. The maximum absolute atomic E-state index is 12.3. The lowest BCUT2D eigenvalue weighted by Gasteiger charge is -2.23. The number of rotatable bonds is 4. The Morgan fingerprint density at radius 3 is 2.71 bits per heavy atom. The van der Waals surface area contributed by atoms with E-state index < -0.39 is 0 Å². The van der Waals surface area contributed by atoms with Crippen LogP contribution < -0.4 is 10.2 Å². The summed E-state index contributed by atoms with van der Waals surface area (Å²) in [5.41, 5.74) is 4.48. The second-order valence-corrected chi connectivity index (χ2v) is 6.67. The highest BCUT2D eigenvalue weighted by molar-refractivity contribution is 6.31. The van der Waals surface area contributed by atoms with Crippen molar-refractivity contribution in [1.29, 1.82) is 0 Å². The van der Waals surface area contributed by atoms with Gasteiger partial charge >= 0.3 is 0 Å². The first kappa shape index (κ1) is 16.7. The number of carbonyl (C=O) groups is 1. The summed E-state index contributed by atoms with van der Waals surface area (Å²) in [4.78, 5) is 13.6. The van der Waals surface area contributed by atoms with E-state index in [0.717, 1.165) is 30.8 Å². The molecule has 4 heteroatoms. The molecule has 1 aliphatic rings. The molecule has 1 unspecified atom stereocenters. The molecule has 24 heavy (non-hydrogen) atoms. The number of carbonyl (C=O) groups excluding carboxylic acids is 1. The highest BCUT2D eigenvalue weighted by atomic mass is 35.5. The Kier molecular flexibility index (Phi) is 5.34. The van der Waals surface area contributed by atoms with E-state index in [-0.39, 0.29) is 5.91 Å². The van der Waals surface area contributed by atoms with Gasteiger partial charge in [-0.25, -0.2) is 0 Å². The second kappa shape index (κ2) is 7.65. The van der Waals surface area contributed by atoms with Crippen molar-refractivity contribution in [2.45, 2.75) is 13.3 Å². The minimum atomic E-state index is 0.0342. The van der Waals surface area contributed by atoms with Gasteiger partial charge in [0.05, 0.1) is 13.1 Å². The molecular weight excluding hydrogens is 320 g/mol. The first-order valence-electron chi connectivity index (χ1n) is 8.26. The van der Waals surface area contributed by atoms with Gasteiger partial charge in [0.1, 0.15) is 0 Å². The fraction of sp³-hybridized carbons (Fsp3) is 0.250. The lowest BCUT2D eigenvalue weighted by molar-refractivity contribution is -0.886. The molecule has 0 bridgehead atoms. The van der Waals surface area contributed by atoms with E-state index in [1.807, 2.05) is 25.1 Å². The van der Waals surface area contributed by atoms with Crippen LogP contribution in [0.15, 0.2) is 54.6 Å². The highest BCUT2D eigenvalue weighted by Crippen LogP contribution is 2.20. The topological polar surface area (TPSA) is 33.5 Å². The van der Waals surface area contributed by atoms with Crippen LogP contribution in [0.2, 0.25) is 5.02 Å². The van der Waals surface area contributed by atoms with Gasteiger partial charge in [0.15, 0.2) is 6.54 Å². The predicted octanol–water partition coefficient (Wildman–Crippen LogP) is 2.96. The molecule has 124 valence electrons. The SMILES string of the molecule is Cc1ccc(Cl)cc1NC(=O)C[NH+]1CC=C(c2ccccc2)CC1. The molecular formula is C20H22ClN2O+. The van der Waals surface area contributed by atoms with Crippen LogP contribution in [0.5, 0.6) is 0 Å². The van der Waals surface area contributed by atoms with Crippen LogP contribution in [0.4, 0.5) is 5.69 Å². The third-order valence-corrected chi connectivity index (χ3v) is 4.65. The molecule has 0 fully saturated rings. The number of hydrogen-bond donors (Lipinski definition) is 2. The van der Waals surface area contributed by atoms with E-state index in [4.69, 9.17) is 11.6 Å². The Balaban J connectivity index is 1.57. The summed E-state index contributed by atoms with van der Waals surface area (Å²) in [6.45, 7) is 4.30. The van der Waals surface area contributed by atoms with Crippen molar-refractivity contribution in [2.75, 3.05) is 25.0 Å². The Bertz CT molecular complexity index is 755. The molecule has 0 spiro atoms. The molecule has 2 aromatic rings. The number of nitrogens with one attached hydrogen (secondary N) is 2. The monoisotopic (exact) mass is 341 g/mol. The maximum atomic E-state index is 12.3. The zero-order valence-corrected chi connectivity index (χ0v) is 14.6. The van der Waals surface area contributed by atoms with Crippen molar-refractivity contribution in [2.24, 2.45) is 0 Å². The largest absolute Gasteiger partial charge is 0.324 e. The fourth-order valence-electron chi connectivity index (χ4n) is 3.01. The molecule has 0 saturated heterocycles. The van der Waals surface area contributed by atoms with E-state index in [0.29, 0.717) is 11.6 Å². The van der Waals surface area contributed by atoms with Crippen molar-refractivity contribution in [3.8, 4) is 0 Å². The van der Waals surface area contributed by atoms with Gasteiger partial charge in [0.25, 0.3) is 5.91 Å². The van der Waals surface area contributed by atoms with Gasteiger partial charge in [-0.05, 0) is 41.8 Å². The van der Waals surface area contributed by atoms with Gasteiger partial charge in [-0.3, -0.25) is 4.79 Å². The summed E-state index contributed by atoms with van der Waals surface area (Å²) in [5, 5.41) is 3.61. The van der Waals surface area contributed by atoms with Crippen molar-refractivity contribution >= 4 is 28.8 Å². The molecule has 1 amide bonds. The van der Waals surface area contributed by atoms with Crippen LogP contribution in [-0.4, -0.2) is 25.5 Å². The Labute approximate surface area is 147 Å². The zero-order valence-electron chi connectivity index (χ0n) is 13.8. The Hall–Kier alpha value is -2.10. The van der Waals surface area contributed by atoms with E-state index in [1.165, 1.54) is 16.0 Å². The Morgan fingerprint density at radius 2 is 2.00 bits per heavy atom. The van der Waals surface area contributed by atoms with Crippen LogP contribution in [0.1, 0.15) is 17.5 Å². The predicted molar refractivity (Wildman–Crippen MR) is 99.4 cm³/mol. The molecule has 0 aromatic heterocycles. The molecule has 2 aromatic carbocycles. The van der Waals surface area contributed by atoms with Crippen LogP contribution in [-0.2, 0) is 4.79 Å². The number of hydrogen-bond acceptors (Lipinski definition) is 1. The first-order valence-corrected chi connectivity index (χ1v) is 8.63. The summed E-state index contributed by atoms with van der Waals surface area (Å²) < 4.78 is 0. The smallest absolute Gasteiger partial charge is 0.279 e. The van der Waals surface area contributed by atoms with Gasteiger partial charge in [-0.1, -0.05) is 48.0 Å². The average molecular weight is 342 g/mol. The molecule has 0 aliphatic carbocycles. The van der Waals surface area contributed by atoms with Crippen LogP contribution in [0.25, 0.3) is 5.57 Å². The summed E-state index contributed by atoms with van der Waals surface area (Å²) in [7, 11) is 0. The van der Waals surface area contributed by atoms with Gasteiger partial charge in [0, 0.05) is 17.1 Å². The van der Waals surface area contributed by atoms with Crippen molar-refractivity contribution in [3.05, 3.63) is 70.8 Å². The van der Waals surface area contributed by atoms with Gasteiger partial charge < -0.3 is 10.2 Å². The van der Waals surface area contributed by atoms with Crippen LogP contribution in [0.3, 0.4) is 0 Å². The summed E-state index contributed by atoms with van der Waals surface area (Å²) in [5.74, 6) is 0.0342. The number of amides is 1. The first-order chi connectivity index (χ1) is 11.6. The fourth-order valence-corrected chi connectivity index (χ4v) is 3.18. The van der Waals surface area contributed by atoms with E-state index in [9.17, 15) is 4.79 Å². The third kappa shape index (κ3) is 4.25. The van der Waals surface area contributed by atoms with E-state index >= 15 is 0 Å². The van der Waals surface area contributed by atoms with Gasteiger partial charge in [-0.2, -0.15) is 0 Å². The minimum Gasteiger partial charge on any atom is -0.324 e. The van der Waals surface area contributed by atoms with E-state index in [2.05, 4.69) is 35.7 Å². The number of halogens is 1. The van der Waals surface area contributed by atoms with Crippen molar-refractivity contribution < 1.29 is 9.69 Å². The molecule has 1 aliphatic heterocycles. The number of aryl methyl sites for hydroxylation is 1. The third-order valence-electron chi connectivity index (χ3n) is 4.41. The lowest BCUT2D eigenvalue weighted by Crippen LogP contribution is -3.13. The summed E-state index contributed by atoms with van der Waals surface area (Å²) >= 11 is 6.00. The normalized spacial score (nSPS) is 17.2. The molecule has 1 atom stereocenters. The van der Waals surface area contributed by atoms with Crippen molar-refractivity contribution in [1.82, 2.24) is 0 Å². The molecule has 3 rings (SSSR count). The quantitative estimate of drug-likeness (QED) is 0.880. The van der Waals surface area contributed by atoms with E-state index in [1.54, 1.807) is 6.07 Å². The van der Waals surface area contributed by atoms with Crippen LogP contribution in [0, 0.1) is 6.92 Å². The molecule has 0 saturated carbocycles. The molecule has 1 heterocycles. The zero-order chi connectivity index (χ0) is 16.9. The number of anilines is 1. The minimum absolute atomic E-state index is 0.0342. The number of benzene rings is 2. The highest BCUT2D eigenvalue weighted by Gasteiger charge is 2.19. The van der Waals surface area contributed by atoms with Gasteiger partial charge in [-0.15, -0.1) is 0 Å². The standard InChI is InChI=1S/C20H21ClN2O/c1-15-7-8-18(21)13-19(15)22-20(24)14-23-11-9-17(10-12-23)16-5-3-2-4-6-16/h2-9,13H,10-12,14H2,1H3,(H,22,24)/p+1. The summed E-state index contributed by atoms with van der Waals surface area (Å²) in [6, 6.07) is 16.0. The van der Waals surface area contributed by atoms with Crippen molar-refractivity contribution in [3.63, 3.8) is 0 Å². The van der Waals surface area contributed by atoms with Crippen LogP contribution >= 0.6 is 11.6 Å². The molecule has 3 nitrogen and oxygen atoms in total. The second-order valence-electron chi connectivity index (χ2n) is 6.23. The lowest BCUT2D eigenvalue weighted by atomic mass is 10.00. The number of quaternary nitrogens is 1. The summed E-state index contributed by atoms with van der Waals surface area (Å²) in [6.07, 6.45) is 3.26. The Morgan fingerprint density at radius 1 is 1.21 bits per heavy atom. The van der Waals surface area contributed by atoms with Gasteiger partial charge in [0.2, 0.25) is 0 Å².